The highest BCUT2D eigenvalue weighted by Crippen LogP contribution is 2.38. The smallest absolute Gasteiger partial charge is 0.334 e. The number of carbonyl (C=O) groups is 5. The first kappa shape index (κ1) is 58.5. The Kier molecular flexibility index (Phi) is 24.2. The van der Waals surface area contributed by atoms with Crippen molar-refractivity contribution in [3.63, 3.8) is 0 Å². The Labute approximate surface area is 402 Å². The van der Waals surface area contributed by atoms with E-state index in [0.29, 0.717) is 25.2 Å². The van der Waals surface area contributed by atoms with Crippen LogP contribution in [0.1, 0.15) is 95.4 Å². The molecule has 0 aromatic heterocycles. The third kappa shape index (κ3) is 16.7. The lowest BCUT2D eigenvalue weighted by Gasteiger charge is -2.48. The van der Waals surface area contributed by atoms with Gasteiger partial charge in [-0.15, -0.1) is 0 Å². The fourth-order valence-electron chi connectivity index (χ4n) is 9.19. The molecule has 2 saturated heterocycles. The molecule has 3 rings (SSSR count). The van der Waals surface area contributed by atoms with Gasteiger partial charge in [0.25, 0.3) is 0 Å². The molecule has 16 atom stereocenters. The van der Waals surface area contributed by atoms with Gasteiger partial charge in [0.15, 0.2) is 36.9 Å². The Morgan fingerprint density at radius 3 is 1.88 bits per heavy atom. The van der Waals surface area contributed by atoms with Crippen LogP contribution in [0, 0.1) is 23.7 Å². The minimum Gasteiger partial charge on any atom is -0.512 e. The molecule has 3 aliphatic rings. The number of hydrogen-bond donors (Lipinski definition) is 1. The van der Waals surface area contributed by atoms with Gasteiger partial charge in [0.05, 0.1) is 37.0 Å². The molecule has 0 spiro atoms. The lowest BCUT2D eigenvalue weighted by atomic mass is 9.80. The van der Waals surface area contributed by atoms with Crippen molar-refractivity contribution in [3.05, 3.63) is 35.6 Å². The first-order valence-electron chi connectivity index (χ1n) is 23.7. The second-order valence-corrected chi connectivity index (χ2v) is 18.0. The standard InChI is InChI=1S/C49H79NO18/c1-16-38-35(25-61-48-47(58-15)46(57-14)44(30(8)62-48)65-32(10)52)21-26(4)19-20-36(54)27(5)22-34(23-40(59-17-2)60-18-3)42(28(6)37(55)24-39(56)67-38)68-49-45(66-33(11)53)41(50(12)13)43(29(7)63-49)64-31(9)51/h19-21,24,27-30,34-35,38,40-49,55H,16-18,22-23,25H2,1-15H3/b20-19+,26-21+,37-24-/t27-,28+,29-,30-,34-,35-,38-,41+,42-,43-,44-,45-,46-,47-,48-,49+/m1/s1. The van der Waals surface area contributed by atoms with Crippen LogP contribution in [0.15, 0.2) is 35.6 Å². The van der Waals surface area contributed by atoms with Crippen molar-refractivity contribution in [1.82, 2.24) is 4.90 Å². The fourth-order valence-corrected chi connectivity index (χ4v) is 9.19. The molecule has 19 heteroatoms. The zero-order valence-electron chi connectivity index (χ0n) is 42.7. The summed E-state index contributed by atoms with van der Waals surface area (Å²) in [7, 11) is 6.43. The molecule has 0 aromatic rings. The number of aliphatic hydroxyl groups excluding tert-OH is 1. The maximum absolute atomic E-state index is 14.1. The van der Waals surface area contributed by atoms with Gasteiger partial charge < -0.3 is 61.9 Å². The molecule has 388 valence electrons. The highest BCUT2D eigenvalue weighted by Gasteiger charge is 2.52. The summed E-state index contributed by atoms with van der Waals surface area (Å²) < 4.78 is 72.5. The average Bonchev–Trinajstić information content (AvgIpc) is 3.25. The van der Waals surface area contributed by atoms with Gasteiger partial charge in [-0.1, -0.05) is 38.5 Å². The number of ether oxygens (including phenoxy) is 12. The van der Waals surface area contributed by atoms with E-state index in [-0.39, 0.29) is 25.2 Å². The van der Waals surface area contributed by atoms with Crippen molar-refractivity contribution in [3.8, 4) is 0 Å². The van der Waals surface area contributed by atoms with Crippen molar-refractivity contribution >= 4 is 29.7 Å². The van der Waals surface area contributed by atoms with E-state index < -0.39 is 133 Å². The topological polar surface area (TPSA) is 220 Å². The maximum Gasteiger partial charge on any atom is 0.334 e. The van der Waals surface area contributed by atoms with Crippen LogP contribution in [-0.2, 0) is 80.8 Å². The molecular weight excluding hydrogens is 891 g/mol. The molecule has 3 heterocycles. The predicted molar refractivity (Wildman–Crippen MR) is 246 cm³/mol. The van der Waals surface area contributed by atoms with Crippen LogP contribution in [0.5, 0.6) is 0 Å². The summed E-state index contributed by atoms with van der Waals surface area (Å²) in [6.07, 6.45) is -3.91. The highest BCUT2D eigenvalue weighted by molar-refractivity contribution is 5.91. The molecule has 68 heavy (non-hydrogen) atoms. The quantitative estimate of drug-likeness (QED) is 0.106. The molecule has 19 nitrogen and oxygen atoms in total. The van der Waals surface area contributed by atoms with E-state index in [1.54, 1.807) is 52.8 Å². The fraction of sp³-hybridized carbons (Fsp3) is 0.776. The van der Waals surface area contributed by atoms with Crippen molar-refractivity contribution in [2.45, 2.75) is 175 Å². The van der Waals surface area contributed by atoms with Gasteiger partial charge in [-0.2, -0.15) is 0 Å². The number of allylic oxidation sites excluding steroid dienone is 3. The zero-order valence-corrected chi connectivity index (χ0v) is 42.7. The molecule has 0 aromatic carbocycles. The van der Waals surface area contributed by atoms with E-state index in [2.05, 4.69) is 0 Å². The van der Waals surface area contributed by atoms with Crippen LogP contribution in [0.25, 0.3) is 0 Å². The lowest BCUT2D eigenvalue weighted by molar-refractivity contribution is -0.307. The number of nitrogens with zero attached hydrogens (tertiary/aromatic N) is 1. The summed E-state index contributed by atoms with van der Waals surface area (Å²) in [6, 6.07) is -0.743. The summed E-state index contributed by atoms with van der Waals surface area (Å²) >= 11 is 0. The molecule has 0 unspecified atom stereocenters. The first-order chi connectivity index (χ1) is 32.1. The first-order valence-corrected chi connectivity index (χ1v) is 23.7. The summed E-state index contributed by atoms with van der Waals surface area (Å²) in [6.45, 7) is 18.6. The minimum atomic E-state index is -1.30. The number of rotatable bonds is 18. The van der Waals surface area contributed by atoms with Crippen molar-refractivity contribution < 1.29 is 85.9 Å². The number of cyclic esters (lactones) is 1. The van der Waals surface area contributed by atoms with Crippen molar-refractivity contribution in [2.24, 2.45) is 23.7 Å². The van der Waals surface area contributed by atoms with Crippen molar-refractivity contribution in [1.29, 1.82) is 0 Å². The second kappa shape index (κ2) is 28.2. The van der Waals surface area contributed by atoms with Gasteiger partial charge in [0, 0.05) is 72.4 Å². The Balaban J connectivity index is 2.16. The van der Waals surface area contributed by atoms with Gasteiger partial charge in [0.1, 0.15) is 30.2 Å². The molecule has 0 saturated carbocycles. The number of carbonyl (C=O) groups excluding carboxylic acids is 5. The van der Waals surface area contributed by atoms with Crippen LogP contribution in [0.3, 0.4) is 0 Å². The summed E-state index contributed by atoms with van der Waals surface area (Å²) in [5.74, 6) is -5.98. The molecule has 0 bridgehead atoms. The molecule has 0 radical (unpaired) electrons. The maximum atomic E-state index is 14.1. The van der Waals surface area contributed by atoms with Crippen LogP contribution < -0.4 is 0 Å². The zero-order chi connectivity index (χ0) is 51.0. The Morgan fingerprint density at radius 1 is 0.779 bits per heavy atom. The monoisotopic (exact) mass is 970 g/mol. The van der Waals surface area contributed by atoms with Gasteiger partial charge in [-0.3, -0.25) is 24.1 Å². The Hall–Kier alpha value is -3.79. The van der Waals surface area contributed by atoms with E-state index in [1.807, 2.05) is 33.8 Å². The van der Waals surface area contributed by atoms with Gasteiger partial charge in [-0.05, 0) is 73.5 Å². The molecule has 3 aliphatic heterocycles. The van der Waals surface area contributed by atoms with Gasteiger partial charge >= 0.3 is 23.9 Å². The highest BCUT2D eigenvalue weighted by atomic mass is 16.7. The largest absolute Gasteiger partial charge is 0.512 e. The van der Waals surface area contributed by atoms with E-state index in [0.717, 1.165) is 6.08 Å². The van der Waals surface area contributed by atoms with Crippen LogP contribution in [-0.4, -0.2) is 168 Å². The second-order valence-electron chi connectivity index (χ2n) is 18.0. The molecule has 1 N–H and O–H groups in total. The van der Waals surface area contributed by atoms with Crippen LogP contribution >= 0.6 is 0 Å². The SMILES string of the molecule is CCOC(C[C@H]1C[C@@H](C)C(=O)/C=C/C(C)=C/[C@H](CO[C@@H]2O[C@H](C)[C@@H](OC(C)=O)[C@@H](OC)[C@H]2OC)[C@@H](CC)OC(=O)/C=C(\O)[C@H](C)[C@H]1O[C@@H]1O[C@H](C)[C@@H](OC(C)=O)[C@H](N(C)C)[C@H]1OC(C)=O)OCC. The van der Waals surface area contributed by atoms with Crippen molar-refractivity contribution in [2.75, 3.05) is 48.1 Å². The number of aliphatic hydroxyl groups is 1. The Morgan fingerprint density at radius 2 is 1.34 bits per heavy atom. The normalized spacial score (nSPS) is 36.5. The predicted octanol–water partition coefficient (Wildman–Crippen LogP) is 5.17. The lowest BCUT2D eigenvalue weighted by Crippen LogP contribution is -2.65. The van der Waals surface area contributed by atoms with Crippen LogP contribution in [0.2, 0.25) is 0 Å². The summed E-state index contributed by atoms with van der Waals surface area (Å²) in [5, 5.41) is 12.0. The summed E-state index contributed by atoms with van der Waals surface area (Å²) in [4.78, 5) is 66.8. The summed E-state index contributed by atoms with van der Waals surface area (Å²) in [5.41, 5.74) is 0.673. The van der Waals surface area contributed by atoms with Gasteiger partial charge in [-0.25, -0.2) is 4.79 Å². The number of hydrogen-bond acceptors (Lipinski definition) is 19. The number of ketones is 1. The Bertz CT molecular complexity index is 1730. The molecular formula is C49H79NO18. The van der Waals surface area contributed by atoms with Crippen LogP contribution in [0.4, 0.5) is 0 Å². The number of esters is 4. The third-order valence-corrected chi connectivity index (χ3v) is 12.4. The molecule has 2 fully saturated rings. The third-order valence-electron chi connectivity index (χ3n) is 12.4. The average molecular weight is 970 g/mol. The number of likely N-dealkylation sites (N-methyl/N-ethyl adjacent to an activating group) is 1. The van der Waals surface area contributed by atoms with E-state index >= 15 is 0 Å². The minimum absolute atomic E-state index is 0.0483. The van der Waals surface area contributed by atoms with E-state index in [9.17, 15) is 29.1 Å². The van der Waals surface area contributed by atoms with Gasteiger partial charge in [0.2, 0.25) is 0 Å². The number of methoxy groups -OCH3 is 2. The van der Waals surface area contributed by atoms with E-state index in [1.165, 1.54) is 41.1 Å². The van der Waals surface area contributed by atoms with E-state index in [4.69, 9.17) is 56.8 Å². The molecule has 0 aliphatic carbocycles. The molecule has 0 amide bonds.